The highest BCUT2D eigenvalue weighted by Crippen LogP contribution is 2.20. The van der Waals surface area contributed by atoms with E-state index in [1.807, 2.05) is 0 Å². The van der Waals surface area contributed by atoms with Gasteiger partial charge in [-0.15, -0.1) is 0 Å². The third-order valence-corrected chi connectivity index (χ3v) is 8.56. The van der Waals surface area contributed by atoms with Crippen molar-refractivity contribution < 1.29 is 8.85 Å². The van der Waals surface area contributed by atoms with Crippen molar-refractivity contribution in [1.82, 2.24) is 0 Å². The van der Waals surface area contributed by atoms with Gasteiger partial charge in [0.1, 0.15) is 0 Å². The minimum atomic E-state index is -2.26. The molecule has 0 spiro atoms. The second-order valence-corrected chi connectivity index (χ2v) is 10.1. The van der Waals surface area contributed by atoms with E-state index < -0.39 is 8.56 Å². The average Bonchev–Trinajstić information content (AvgIpc) is 2.64. The van der Waals surface area contributed by atoms with Crippen LogP contribution in [0, 0.1) is 0 Å². The summed E-state index contributed by atoms with van der Waals surface area (Å²) in [6, 6.07) is 11.7. The van der Waals surface area contributed by atoms with E-state index in [1.165, 1.54) is 69.4 Å². The minimum absolute atomic E-state index is 0.735. The van der Waals surface area contributed by atoms with Gasteiger partial charge in [-0.3, -0.25) is 0 Å². The fraction of sp³-hybridized carbons (Fsp3) is 0.727. The molecule has 25 heavy (non-hydrogen) atoms. The Kier molecular flexibility index (Phi) is 13.0. The fourth-order valence-corrected chi connectivity index (χ4v) is 6.84. The van der Waals surface area contributed by atoms with Crippen LogP contribution >= 0.6 is 0 Å². The summed E-state index contributed by atoms with van der Waals surface area (Å²) in [6.45, 7) is 7.92. The zero-order valence-electron chi connectivity index (χ0n) is 16.9. The maximum atomic E-state index is 6.26. The van der Waals surface area contributed by atoms with Crippen molar-refractivity contribution in [2.75, 3.05) is 13.2 Å². The molecule has 0 aliphatic heterocycles. The van der Waals surface area contributed by atoms with Crippen molar-refractivity contribution in [3.05, 3.63) is 30.3 Å². The summed E-state index contributed by atoms with van der Waals surface area (Å²) >= 11 is 0. The number of rotatable bonds is 16. The molecule has 0 fully saturated rings. The molecule has 3 heteroatoms. The van der Waals surface area contributed by atoms with E-state index in [9.17, 15) is 0 Å². The first-order valence-electron chi connectivity index (χ1n) is 10.6. The van der Waals surface area contributed by atoms with Crippen molar-refractivity contribution in [3.8, 4) is 0 Å². The molecule has 0 amide bonds. The highest BCUT2D eigenvalue weighted by molar-refractivity contribution is 6.81. The van der Waals surface area contributed by atoms with Crippen molar-refractivity contribution in [2.24, 2.45) is 0 Å². The molecular weight excluding hydrogens is 324 g/mol. The molecule has 0 aromatic heterocycles. The maximum Gasteiger partial charge on any atom is 0.372 e. The molecule has 0 N–H and O–H groups in total. The van der Waals surface area contributed by atoms with Gasteiger partial charge in [-0.1, -0.05) is 101 Å². The van der Waals surface area contributed by atoms with Crippen LogP contribution in [0.15, 0.2) is 30.3 Å². The summed E-state index contributed by atoms with van der Waals surface area (Å²) in [4.78, 5) is 0. The molecule has 0 saturated heterocycles. The van der Waals surface area contributed by atoms with Crippen LogP contribution in [0.25, 0.3) is 0 Å². The van der Waals surface area contributed by atoms with Crippen molar-refractivity contribution >= 4 is 13.7 Å². The first-order chi connectivity index (χ1) is 12.3. The van der Waals surface area contributed by atoms with Gasteiger partial charge in [-0.25, -0.2) is 0 Å². The highest BCUT2D eigenvalue weighted by atomic mass is 28.4. The Morgan fingerprint density at radius 1 is 0.640 bits per heavy atom. The maximum absolute atomic E-state index is 6.26. The van der Waals surface area contributed by atoms with Gasteiger partial charge in [0.05, 0.1) is 0 Å². The topological polar surface area (TPSA) is 18.5 Å². The van der Waals surface area contributed by atoms with Crippen LogP contribution in [0.4, 0.5) is 0 Å². The average molecular weight is 365 g/mol. The van der Waals surface area contributed by atoms with Gasteiger partial charge in [0.15, 0.2) is 0 Å². The third-order valence-electron chi connectivity index (χ3n) is 4.83. The van der Waals surface area contributed by atoms with Gasteiger partial charge < -0.3 is 8.85 Å². The van der Waals surface area contributed by atoms with Gasteiger partial charge in [0.25, 0.3) is 0 Å². The van der Waals surface area contributed by atoms with Crippen molar-refractivity contribution in [2.45, 2.75) is 91.0 Å². The predicted molar refractivity (Wildman–Crippen MR) is 112 cm³/mol. The van der Waals surface area contributed by atoms with Crippen LogP contribution in [0.2, 0.25) is 6.04 Å². The van der Waals surface area contributed by atoms with Crippen LogP contribution in [0.1, 0.15) is 85.0 Å². The SMILES string of the molecule is CCCCCCCCCCCC[Si](OCC)(OCC)c1ccccc1. The van der Waals surface area contributed by atoms with Crippen LogP contribution < -0.4 is 5.19 Å². The summed E-state index contributed by atoms with van der Waals surface area (Å²) in [5, 5.41) is 1.29. The minimum Gasteiger partial charge on any atom is -0.391 e. The van der Waals surface area contributed by atoms with Crippen molar-refractivity contribution in [1.29, 1.82) is 0 Å². The molecule has 144 valence electrons. The van der Waals surface area contributed by atoms with E-state index in [1.54, 1.807) is 0 Å². The lowest BCUT2D eigenvalue weighted by Crippen LogP contribution is -2.53. The van der Waals surface area contributed by atoms with Gasteiger partial charge in [-0.2, -0.15) is 0 Å². The van der Waals surface area contributed by atoms with Gasteiger partial charge in [0.2, 0.25) is 0 Å². The van der Waals surface area contributed by atoms with Crippen LogP contribution in [0.3, 0.4) is 0 Å². The zero-order valence-corrected chi connectivity index (χ0v) is 17.9. The van der Waals surface area contributed by atoms with Crippen molar-refractivity contribution in [3.63, 3.8) is 0 Å². The monoisotopic (exact) mass is 364 g/mol. The molecule has 0 heterocycles. The zero-order chi connectivity index (χ0) is 18.2. The van der Waals surface area contributed by atoms with Crippen LogP contribution in [-0.4, -0.2) is 21.8 Å². The van der Waals surface area contributed by atoms with E-state index in [0.717, 1.165) is 19.3 Å². The second kappa shape index (κ2) is 14.5. The second-order valence-electron chi connectivity index (χ2n) is 6.92. The first kappa shape index (κ1) is 22.4. The Balaban J connectivity index is 2.34. The van der Waals surface area contributed by atoms with Crippen LogP contribution in [0.5, 0.6) is 0 Å². The molecule has 0 radical (unpaired) electrons. The normalized spacial score (nSPS) is 11.8. The molecule has 0 bridgehead atoms. The van der Waals surface area contributed by atoms with E-state index >= 15 is 0 Å². The molecule has 0 unspecified atom stereocenters. The number of unbranched alkanes of at least 4 members (excludes halogenated alkanes) is 9. The molecule has 0 saturated carbocycles. The molecule has 0 aliphatic carbocycles. The lowest BCUT2D eigenvalue weighted by molar-refractivity contribution is 0.194. The molecule has 2 nitrogen and oxygen atoms in total. The summed E-state index contributed by atoms with van der Waals surface area (Å²) in [5.74, 6) is 0. The predicted octanol–water partition coefficient (Wildman–Crippen LogP) is 6.33. The third kappa shape index (κ3) is 9.03. The molecular formula is C22H40O2Si. The molecule has 1 aromatic carbocycles. The van der Waals surface area contributed by atoms with E-state index in [4.69, 9.17) is 8.85 Å². The molecule has 1 rings (SSSR count). The quantitative estimate of drug-likeness (QED) is 0.252. The smallest absolute Gasteiger partial charge is 0.372 e. The summed E-state index contributed by atoms with van der Waals surface area (Å²) in [6.07, 6.45) is 13.7. The number of hydrogen-bond acceptors (Lipinski definition) is 2. The summed E-state index contributed by atoms with van der Waals surface area (Å²) < 4.78 is 12.5. The first-order valence-corrected chi connectivity index (χ1v) is 12.6. The highest BCUT2D eigenvalue weighted by Gasteiger charge is 2.38. The number of benzene rings is 1. The Morgan fingerprint density at radius 3 is 1.60 bits per heavy atom. The van der Waals surface area contributed by atoms with Crippen LogP contribution in [-0.2, 0) is 8.85 Å². The lowest BCUT2D eigenvalue weighted by Gasteiger charge is -2.30. The van der Waals surface area contributed by atoms with E-state index in [2.05, 4.69) is 51.1 Å². The largest absolute Gasteiger partial charge is 0.391 e. The van der Waals surface area contributed by atoms with E-state index in [-0.39, 0.29) is 0 Å². The Morgan fingerprint density at radius 2 is 1.12 bits per heavy atom. The Bertz CT molecular complexity index is 402. The van der Waals surface area contributed by atoms with Gasteiger partial charge in [-0.05, 0) is 25.1 Å². The van der Waals surface area contributed by atoms with Gasteiger partial charge in [0, 0.05) is 13.2 Å². The summed E-state index contributed by atoms with van der Waals surface area (Å²) in [5.41, 5.74) is 0. The fourth-order valence-electron chi connectivity index (χ4n) is 3.50. The number of hydrogen-bond donors (Lipinski definition) is 0. The molecule has 0 aliphatic rings. The standard InChI is InChI=1S/C22H40O2Si/c1-4-7-8-9-10-11-12-13-14-18-21-25(23-5-2,24-6-3)22-19-16-15-17-20-22/h15-17,19-20H,4-14,18,21H2,1-3H3. The summed E-state index contributed by atoms with van der Waals surface area (Å²) in [7, 11) is -2.26. The van der Waals surface area contributed by atoms with E-state index in [0.29, 0.717) is 0 Å². The van der Waals surface area contributed by atoms with Gasteiger partial charge >= 0.3 is 8.56 Å². The molecule has 1 aromatic rings. The molecule has 0 atom stereocenters. The Labute approximate surface area is 157 Å². The Hall–Kier alpha value is -0.643. The lowest BCUT2D eigenvalue weighted by atomic mass is 10.1.